The molecule has 0 radical (unpaired) electrons. The number of ether oxygens (including phenoxy) is 1. The first-order valence-electron chi connectivity index (χ1n) is 9.86. The molecule has 0 aliphatic carbocycles. The molecule has 1 aromatic heterocycles. The summed E-state index contributed by atoms with van der Waals surface area (Å²) in [7, 11) is 1.58. The average molecular weight is 472 g/mol. The van der Waals surface area contributed by atoms with Crippen LogP contribution < -0.4 is 15.8 Å². The number of nitrogens with zero attached hydrogens (tertiary/aromatic N) is 1. The Balaban J connectivity index is 0.000000269. The molecule has 0 bridgehead atoms. The van der Waals surface area contributed by atoms with Crippen LogP contribution >= 0.6 is 15.9 Å². The second kappa shape index (κ2) is 11.6. The van der Waals surface area contributed by atoms with Crippen LogP contribution in [0.5, 0.6) is 5.75 Å². The predicted molar refractivity (Wildman–Crippen MR) is 129 cm³/mol. The quantitative estimate of drug-likeness (QED) is 0.406. The molecule has 0 fully saturated rings. The molecule has 0 atom stereocenters. The number of hydrogen-bond acceptors (Lipinski definition) is 5. The Morgan fingerprint density at radius 3 is 2.43 bits per heavy atom. The SMILES string of the molecule is COc1cc(-c2cccnc2)c(Br)c(N)c1NCCO.Cc1ccc(C(C)C)cc1. The number of pyridine rings is 1. The van der Waals surface area contributed by atoms with Gasteiger partial charge in [0.25, 0.3) is 0 Å². The molecule has 0 saturated heterocycles. The average Bonchev–Trinajstić information content (AvgIpc) is 2.76. The van der Waals surface area contributed by atoms with E-state index >= 15 is 0 Å². The molecule has 0 aliphatic rings. The van der Waals surface area contributed by atoms with Gasteiger partial charge in [0.15, 0.2) is 0 Å². The number of nitrogens with two attached hydrogens (primary N) is 1. The van der Waals surface area contributed by atoms with Crippen molar-refractivity contribution in [2.75, 3.05) is 31.3 Å². The smallest absolute Gasteiger partial charge is 0.144 e. The minimum atomic E-state index is 0.0184. The topological polar surface area (TPSA) is 80.4 Å². The van der Waals surface area contributed by atoms with Crippen LogP contribution in [0.3, 0.4) is 0 Å². The zero-order chi connectivity index (χ0) is 22.1. The molecule has 6 heteroatoms. The fraction of sp³-hybridized carbons (Fsp3) is 0.292. The van der Waals surface area contributed by atoms with Crippen molar-refractivity contribution in [3.05, 3.63) is 70.5 Å². The van der Waals surface area contributed by atoms with Crippen molar-refractivity contribution in [3.63, 3.8) is 0 Å². The van der Waals surface area contributed by atoms with Crippen LogP contribution in [0, 0.1) is 6.92 Å². The lowest BCUT2D eigenvalue weighted by Crippen LogP contribution is -2.09. The summed E-state index contributed by atoms with van der Waals surface area (Å²) < 4.78 is 6.15. The Morgan fingerprint density at radius 1 is 1.20 bits per heavy atom. The Labute approximate surface area is 187 Å². The van der Waals surface area contributed by atoms with Gasteiger partial charge < -0.3 is 20.9 Å². The van der Waals surface area contributed by atoms with E-state index in [2.05, 4.69) is 71.3 Å². The molecule has 0 aliphatic heterocycles. The summed E-state index contributed by atoms with van der Waals surface area (Å²) in [6.07, 6.45) is 3.48. The largest absolute Gasteiger partial charge is 0.494 e. The Bertz CT molecular complexity index is 929. The van der Waals surface area contributed by atoms with E-state index < -0.39 is 0 Å². The van der Waals surface area contributed by atoms with Crippen LogP contribution in [-0.2, 0) is 0 Å². The molecule has 0 saturated carbocycles. The number of halogens is 1. The second-order valence-corrected chi connectivity index (χ2v) is 7.98. The normalized spacial score (nSPS) is 10.4. The first kappa shape index (κ1) is 23.7. The predicted octanol–water partition coefficient (Wildman–Crippen LogP) is 5.62. The van der Waals surface area contributed by atoms with Crippen LogP contribution in [0.15, 0.2) is 59.3 Å². The Morgan fingerprint density at radius 2 is 1.90 bits per heavy atom. The molecule has 30 heavy (non-hydrogen) atoms. The lowest BCUT2D eigenvalue weighted by Gasteiger charge is -2.17. The van der Waals surface area contributed by atoms with E-state index in [-0.39, 0.29) is 6.61 Å². The van der Waals surface area contributed by atoms with Gasteiger partial charge in [-0.25, -0.2) is 0 Å². The minimum Gasteiger partial charge on any atom is -0.494 e. The highest BCUT2D eigenvalue weighted by molar-refractivity contribution is 9.10. The maximum Gasteiger partial charge on any atom is 0.144 e. The molecule has 0 amide bonds. The van der Waals surface area contributed by atoms with Crippen LogP contribution in [0.2, 0.25) is 0 Å². The van der Waals surface area contributed by atoms with Gasteiger partial charge in [0.2, 0.25) is 0 Å². The van der Waals surface area contributed by atoms with Crippen molar-refractivity contribution in [1.29, 1.82) is 0 Å². The number of aryl methyl sites for hydroxylation is 1. The van der Waals surface area contributed by atoms with E-state index in [0.29, 0.717) is 29.6 Å². The van der Waals surface area contributed by atoms with Gasteiger partial charge in [-0.05, 0) is 46.5 Å². The van der Waals surface area contributed by atoms with Crippen LogP contribution in [0.4, 0.5) is 11.4 Å². The molecule has 0 spiro atoms. The molecular formula is C24H30BrN3O2. The number of methoxy groups -OCH3 is 1. The van der Waals surface area contributed by atoms with Gasteiger partial charge in [-0.15, -0.1) is 0 Å². The molecular weight excluding hydrogens is 442 g/mol. The fourth-order valence-electron chi connectivity index (χ4n) is 2.86. The number of hydrogen-bond donors (Lipinski definition) is 3. The number of aromatic nitrogens is 1. The lowest BCUT2D eigenvalue weighted by molar-refractivity contribution is 0.311. The zero-order valence-electron chi connectivity index (χ0n) is 17.9. The summed E-state index contributed by atoms with van der Waals surface area (Å²) in [6, 6.07) is 14.4. The number of nitrogens with one attached hydrogen (secondary N) is 1. The monoisotopic (exact) mass is 471 g/mol. The van der Waals surface area contributed by atoms with Gasteiger partial charge in [-0.3, -0.25) is 4.98 Å². The molecule has 3 aromatic rings. The van der Waals surface area contributed by atoms with E-state index in [0.717, 1.165) is 15.6 Å². The molecule has 2 aromatic carbocycles. The third-order valence-electron chi connectivity index (χ3n) is 4.61. The highest BCUT2D eigenvalue weighted by Crippen LogP contribution is 2.43. The van der Waals surface area contributed by atoms with Crippen molar-refractivity contribution >= 4 is 27.3 Å². The first-order chi connectivity index (χ1) is 14.4. The number of anilines is 2. The molecule has 4 N–H and O–H groups in total. The van der Waals surface area contributed by atoms with E-state index in [1.165, 1.54) is 11.1 Å². The van der Waals surface area contributed by atoms with E-state index in [4.69, 9.17) is 15.6 Å². The first-order valence-corrected chi connectivity index (χ1v) is 10.7. The van der Waals surface area contributed by atoms with Crippen molar-refractivity contribution in [2.24, 2.45) is 0 Å². The Kier molecular flexibility index (Phi) is 9.15. The molecule has 5 nitrogen and oxygen atoms in total. The van der Waals surface area contributed by atoms with E-state index in [9.17, 15) is 0 Å². The number of aliphatic hydroxyl groups is 1. The molecule has 160 valence electrons. The summed E-state index contributed by atoms with van der Waals surface area (Å²) in [4.78, 5) is 4.11. The fourth-order valence-corrected chi connectivity index (χ4v) is 3.40. The maximum absolute atomic E-state index is 8.92. The van der Waals surface area contributed by atoms with Gasteiger partial charge in [-0.1, -0.05) is 49.7 Å². The number of benzene rings is 2. The van der Waals surface area contributed by atoms with E-state index in [1.54, 1.807) is 19.5 Å². The van der Waals surface area contributed by atoms with Gasteiger partial charge in [0.05, 0.1) is 23.9 Å². The highest BCUT2D eigenvalue weighted by atomic mass is 79.9. The van der Waals surface area contributed by atoms with Crippen molar-refractivity contribution in [3.8, 4) is 16.9 Å². The third-order valence-corrected chi connectivity index (χ3v) is 5.47. The number of nitrogen functional groups attached to an aromatic ring is 1. The molecule has 0 unspecified atom stereocenters. The van der Waals surface area contributed by atoms with Crippen LogP contribution in [0.1, 0.15) is 30.9 Å². The van der Waals surface area contributed by atoms with Gasteiger partial charge >= 0.3 is 0 Å². The summed E-state index contributed by atoms with van der Waals surface area (Å²) >= 11 is 3.51. The van der Waals surface area contributed by atoms with Gasteiger partial charge in [-0.2, -0.15) is 0 Å². The lowest BCUT2D eigenvalue weighted by atomic mass is 10.0. The highest BCUT2D eigenvalue weighted by Gasteiger charge is 2.16. The number of aliphatic hydroxyl groups excluding tert-OH is 1. The maximum atomic E-state index is 8.92. The van der Waals surface area contributed by atoms with Crippen LogP contribution in [-0.4, -0.2) is 30.4 Å². The summed E-state index contributed by atoms with van der Waals surface area (Å²) in [5.41, 5.74) is 12.0. The third kappa shape index (κ3) is 6.21. The number of rotatable bonds is 6. The Hall–Kier alpha value is -2.57. The standard InChI is InChI=1S/C14H16BrN3O2.C10H14/c1-20-11-7-10(9-3-2-4-17-8-9)12(15)13(16)14(11)18-5-6-19;1-8(2)10-6-4-9(3)5-7-10/h2-4,7-8,18-19H,5-6,16H2,1H3;4-8H,1-3H3. The zero-order valence-corrected chi connectivity index (χ0v) is 19.5. The van der Waals surface area contributed by atoms with Crippen molar-refractivity contribution in [1.82, 2.24) is 4.98 Å². The molecule has 3 rings (SSSR count). The minimum absolute atomic E-state index is 0.0184. The van der Waals surface area contributed by atoms with Crippen molar-refractivity contribution in [2.45, 2.75) is 26.7 Å². The van der Waals surface area contributed by atoms with Crippen LogP contribution in [0.25, 0.3) is 11.1 Å². The van der Waals surface area contributed by atoms with Gasteiger partial charge in [0.1, 0.15) is 11.4 Å². The van der Waals surface area contributed by atoms with Gasteiger partial charge in [0, 0.05) is 30.1 Å². The summed E-state index contributed by atoms with van der Waals surface area (Å²) in [5, 5.41) is 12.0. The molecule has 1 heterocycles. The summed E-state index contributed by atoms with van der Waals surface area (Å²) in [6.45, 7) is 6.96. The summed E-state index contributed by atoms with van der Waals surface area (Å²) in [5.74, 6) is 1.28. The van der Waals surface area contributed by atoms with Crippen molar-refractivity contribution < 1.29 is 9.84 Å². The second-order valence-electron chi connectivity index (χ2n) is 7.19. The van der Waals surface area contributed by atoms with E-state index in [1.807, 2.05) is 18.2 Å².